The summed E-state index contributed by atoms with van der Waals surface area (Å²) in [6.45, 7) is 7.15. The predicted octanol–water partition coefficient (Wildman–Crippen LogP) is 17.5. The average molecular weight is 922 g/mol. The lowest BCUT2D eigenvalue weighted by Gasteiger charge is -2.35. The van der Waals surface area contributed by atoms with E-state index in [2.05, 4.69) is 262 Å². The molecule has 72 heavy (non-hydrogen) atoms. The second kappa shape index (κ2) is 18.5. The first-order valence-electron chi connectivity index (χ1n) is 25.2. The molecule has 0 saturated heterocycles. The lowest BCUT2D eigenvalue weighted by molar-refractivity contribution is 0.759. The van der Waals surface area contributed by atoms with Crippen LogP contribution >= 0.6 is 0 Å². The van der Waals surface area contributed by atoms with E-state index in [9.17, 15) is 0 Å². The molecule has 0 heterocycles. The summed E-state index contributed by atoms with van der Waals surface area (Å²) in [5, 5.41) is 0. The lowest BCUT2D eigenvalue weighted by atomic mass is 9.66. The van der Waals surface area contributed by atoms with Crippen molar-refractivity contribution in [2.75, 3.05) is 5.73 Å². The van der Waals surface area contributed by atoms with Crippen LogP contribution in [0.3, 0.4) is 0 Å². The monoisotopic (exact) mass is 921 g/mol. The second-order valence-corrected chi connectivity index (χ2v) is 19.4. The third-order valence-corrected chi connectivity index (χ3v) is 15.4. The fourth-order valence-electron chi connectivity index (χ4n) is 12.1. The van der Waals surface area contributed by atoms with E-state index in [0.717, 1.165) is 63.1 Å². The molecule has 0 aromatic heterocycles. The summed E-state index contributed by atoms with van der Waals surface area (Å²) in [5.41, 5.74) is 30.1. The zero-order valence-electron chi connectivity index (χ0n) is 40.6. The van der Waals surface area contributed by atoms with Gasteiger partial charge in [0.1, 0.15) is 0 Å². The Bertz CT molecular complexity index is 3580. The van der Waals surface area contributed by atoms with E-state index in [1.165, 1.54) is 66.8 Å². The zero-order valence-corrected chi connectivity index (χ0v) is 40.6. The maximum Gasteiger partial charge on any atom is 0.0713 e. The molecule has 0 saturated carbocycles. The Morgan fingerprint density at radius 1 is 0.458 bits per heavy atom. The molecule has 0 amide bonds. The van der Waals surface area contributed by atoms with Crippen LogP contribution < -0.4 is 5.73 Å². The molecule has 9 aromatic carbocycles. The van der Waals surface area contributed by atoms with Gasteiger partial charge < -0.3 is 5.73 Å². The van der Waals surface area contributed by atoms with E-state index in [0.29, 0.717) is 0 Å². The summed E-state index contributed by atoms with van der Waals surface area (Å²) in [4.78, 5) is 0. The maximum atomic E-state index is 6.06. The molecule has 0 spiro atoms. The molecule has 3 aliphatic rings. The topological polar surface area (TPSA) is 26.0 Å². The van der Waals surface area contributed by atoms with Crippen molar-refractivity contribution >= 4 is 28.0 Å². The van der Waals surface area contributed by atoms with Crippen molar-refractivity contribution in [1.82, 2.24) is 0 Å². The van der Waals surface area contributed by atoms with Gasteiger partial charge in [-0.25, -0.2) is 0 Å². The normalized spacial score (nSPS) is 16.1. The van der Waals surface area contributed by atoms with Gasteiger partial charge in [-0.15, -0.1) is 0 Å². The van der Waals surface area contributed by atoms with Crippen molar-refractivity contribution < 1.29 is 0 Å². The van der Waals surface area contributed by atoms with E-state index < -0.39 is 10.8 Å². The molecule has 2 N–H and O–H groups in total. The fourth-order valence-corrected chi connectivity index (χ4v) is 12.1. The molecule has 0 unspecified atom stereocenters. The number of nitrogens with two attached hydrogens (primary N) is 1. The van der Waals surface area contributed by atoms with Gasteiger partial charge in [0.25, 0.3) is 0 Å². The highest BCUT2D eigenvalue weighted by molar-refractivity contribution is 5.95. The van der Waals surface area contributed by atoms with Crippen molar-refractivity contribution in [2.24, 2.45) is 0 Å². The molecule has 9 aromatic rings. The Labute approximate surface area is 424 Å². The highest BCUT2D eigenvalue weighted by Crippen LogP contribution is 2.58. The number of hydrogen-bond acceptors (Lipinski definition) is 1. The number of anilines is 1. The minimum Gasteiger partial charge on any atom is -0.399 e. The van der Waals surface area contributed by atoms with E-state index in [4.69, 9.17) is 12.3 Å². The smallest absolute Gasteiger partial charge is 0.0713 e. The minimum absolute atomic E-state index is 0.516. The molecule has 0 bridgehead atoms. The van der Waals surface area contributed by atoms with E-state index >= 15 is 0 Å². The van der Waals surface area contributed by atoms with Gasteiger partial charge in [0.05, 0.1) is 10.8 Å². The molecular formula is C71H55N. The predicted molar refractivity (Wildman–Crippen MR) is 304 cm³/mol. The minimum atomic E-state index is -0.531. The Morgan fingerprint density at radius 2 is 0.944 bits per heavy atom. The largest absolute Gasteiger partial charge is 0.399 e. The van der Waals surface area contributed by atoms with Crippen molar-refractivity contribution in [2.45, 2.75) is 30.6 Å². The van der Waals surface area contributed by atoms with Crippen LogP contribution in [0.2, 0.25) is 0 Å². The van der Waals surface area contributed by atoms with Crippen LogP contribution in [0.25, 0.3) is 44.5 Å². The summed E-state index contributed by atoms with van der Waals surface area (Å²) >= 11 is 0. The van der Waals surface area contributed by atoms with Gasteiger partial charge in [0.2, 0.25) is 0 Å². The Hall–Kier alpha value is -8.78. The number of fused-ring (bicyclic) bond motifs is 5. The molecule has 12 rings (SSSR count). The van der Waals surface area contributed by atoms with Gasteiger partial charge in [-0.05, 0) is 161 Å². The molecular weight excluding hydrogens is 867 g/mol. The fraction of sp³-hybridized carbons (Fsp3) is 0.0704. The van der Waals surface area contributed by atoms with Gasteiger partial charge in [0, 0.05) is 5.69 Å². The van der Waals surface area contributed by atoms with Gasteiger partial charge in [-0.3, -0.25) is 0 Å². The summed E-state index contributed by atoms with van der Waals surface area (Å²) in [5.74, 6) is 0. The third kappa shape index (κ3) is 7.40. The number of nitrogen functional groups attached to an aromatic ring is 1. The SMILES string of the molecule is C=C(/C=C(\C=C(/C)c1ccc(-c2ccc(N)cc2)cc1)c1ccc2c(c1)C(c1ccccc1)(c1ccccc1)C1=C2CC/C=C\C=C/1)c1ccc2c(c1)C(c1ccccc1)(c1ccccc1)c1ccccc1-2. The van der Waals surface area contributed by atoms with Crippen molar-refractivity contribution in [1.29, 1.82) is 0 Å². The van der Waals surface area contributed by atoms with Crippen molar-refractivity contribution in [3.8, 4) is 22.3 Å². The lowest BCUT2D eigenvalue weighted by Crippen LogP contribution is -2.29. The number of allylic oxidation sites excluding steroid dienone is 11. The number of hydrogen-bond donors (Lipinski definition) is 1. The quantitative estimate of drug-likeness (QED) is 0.107. The summed E-state index contributed by atoms with van der Waals surface area (Å²) in [6, 6.07) is 84.5. The van der Waals surface area contributed by atoms with E-state index in [1.54, 1.807) is 0 Å². The standard InChI is InChI=1S/C71H55N/c1-49(51-33-35-52(36-34-51)53-37-41-61(72)42-38-53)45-56(55-40-44-65-62-29-17-3-4-18-31-66(62)71(69(65)48-55,59-25-13-7-14-26-59)60-27-15-8-16-28-60)46-50(2)54-39-43-64-63-30-19-20-32-67(63)70(68(64)47-54,57-21-9-5-10-22-57)58-23-11-6-12-24-58/h3-16,18-28,30-48H,2,17,29,72H2,1H3/b4-3-,31-18-,49-45+,56-46+. The molecule has 0 aliphatic heterocycles. The van der Waals surface area contributed by atoms with Gasteiger partial charge in [-0.1, -0.05) is 243 Å². The van der Waals surface area contributed by atoms with Crippen molar-refractivity contribution in [3.63, 3.8) is 0 Å². The Morgan fingerprint density at radius 3 is 1.57 bits per heavy atom. The number of rotatable bonds is 10. The maximum absolute atomic E-state index is 6.06. The highest BCUT2D eigenvalue weighted by Gasteiger charge is 2.48. The second-order valence-electron chi connectivity index (χ2n) is 19.4. The summed E-state index contributed by atoms with van der Waals surface area (Å²) in [6.07, 6.45) is 15.7. The third-order valence-electron chi connectivity index (χ3n) is 15.4. The Kier molecular flexibility index (Phi) is 11.4. The van der Waals surface area contributed by atoms with Crippen LogP contribution in [0.15, 0.2) is 279 Å². The first-order valence-corrected chi connectivity index (χ1v) is 25.2. The molecule has 1 nitrogen and oxygen atoms in total. The van der Waals surface area contributed by atoms with Crippen LogP contribution in [0.5, 0.6) is 0 Å². The molecule has 0 radical (unpaired) electrons. The van der Waals surface area contributed by atoms with Crippen LogP contribution in [0.1, 0.15) is 81.0 Å². The number of benzene rings is 9. The molecule has 3 aliphatic carbocycles. The average Bonchev–Trinajstić information content (AvgIpc) is 3.88. The zero-order chi connectivity index (χ0) is 48.7. The molecule has 0 atom stereocenters. The van der Waals surface area contributed by atoms with Crippen LogP contribution in [0, 0.1) is 0 Å². The van der Waals surface area contributed by atoms with E-state index in [1.807, 2.05) is 12.1 Å². The first kappa shape index (κ1) is 44.4. The summed E-state index contributed by atoms with van der Waals surface area (Å²) in [7, 11) is 0. The van der Waals surface area contributed by atoms with Gasteiger partial charge in [0.15, 0.2) is 0 Å². The van der Waals surface area contributed by atoms with Gasteiger partial charge >= 0.3 is 0 Å². The van der Waals surface area contributed by atoms with Gasteiger partial charge in [-0.2, -0.15) is 0 Å². The molecule has 344 valence electrons. The molecule has 0 fully saturated rings. The first-order chi connectivity index (χ1) is 35.4. The van der Waals surface area contributed by atoms with Crippen LogP contribution in [0.4, 0.5) is 5.69 Å². The summed E-state index contributed by atoms with van der Waals surface area (Å²) < 4.78 is 0. The highest BCUT2D eigenvalue weighted by atomic mass is 14.5. The van der Waals surface area contributed by atoms with Crippen molar-refractivity contribution in [3.05, 3.63) is 340 Å². The van der Waals surface area contributed by atoms with Crippen LogP contribution in [-0.4, -0.2) is 0 Å². The Balaban J connectivity index is 1.05. The van der Waals surface area contributed by atoms with Crippen LogP contribution in [-0.2, 0) is 10.8 Å². The molecule has 1 heteroatoms. The van der Waals surface area contributed by atoms with E-state index in [-0.39, 0.29) is 0 Å².